The van der Waals surface area contributed by atoms with Crippen LogP contribution in [0, 0.1) is 6.92 Å². The van der Waals surface area contributed by atoms with Crippen molar-refractivity contribution in [2.24, 2.45) is 0 Å². The van der Waals surface area contributed by atoms with Crippen LogP contribution in [0.1, 0.15) is 25.1 Å². The van der Waals surface area contributed by atoms with Gasteiger partial charge in [-0.25, -0.2) is 4.79 Å². The molecule has 1 fully saturated rings. The second kappa shape index (κ2) is 5.68. The van der Waals surface area contributed by atoms with Crippen molar-refractivity contribution in [3.05, 3.63) is 22.2 Å². The first-order chi connectivity index (χ1) is 9.06. The Labute approximate surface area is 110 Å². The summed E-state index contributed by atoms with van der Waals surface area (Å²) in [6, 6.07) is 0. The summed E-state index contributed by atoms with van der Waals surface area (Å²) in [5.74, 6) is 0.556. The van der Waals surface area contributed by atoms with E-state index >= 15 is 0 Å². The van der Waals surface area contributed by atoms with E-state index in [0.717, 1.165) is 5.56 Å². The largest absolute Gasteiger partial charge is 0.394 e. The maximum atomic E-state index is 11.9. The summed E-state index contributed by atoms with van der Waals surface area (Å²) >= 11 is 0. The van der Waals surface area contributed by atoms with Crippen LogP contribution in [0.3, 0.4) is 0 Å². The molecular weight excluding hydrogens is 250 g/mol. The van der Waals surface area contributed by atoms with Crippen LogP contribution < -0.4 is 11.0 Å². The third-order valence-electron chi connectivity index (χ3n) is 3.17. The summed E-state index contributed by atoms with van der Waals surface area (Å²) in [4.78, 5) is 15.9. The topological polar surface area (TPSA) is 96.6 Å². The molecular formula is C12H19N3O4. The molecule has 1 aromatic rings. The van der Waals surface area contributed by atoms with Gasteiger partial charge in [0.1, 0.15) is 18.1 Å². The van der Waals surface area contributed by atoms with Crippen LogP contribution in [0.25, 0.3) is 0 Å². The number of ether oxygens (including phenoxy) is 1. The fourth-order valence-electron chi connectivity index (χ4n) is 2.17. The molecule has 0 aliphatic carbocycles. The predicted octanol–water partition coefficient (Wildman–Crippen LogP) is -0.376. The number of aryl methyl sites for hydroxylation is 1. The van der Waals surface area contributed by atoms with Crippen molar-refractivity contribution in [2.75, 3.05) is 18.5 Å². The van der Waals surface area contributed by atoms with Crippen LogP contribution in [-0.2, 0) is 4.74 Å². The minimum absolute atomic E-state index is 0.270. The molecule has 0 aromatic carbocycles. The second-order valence-electron chi connectivity index (χ2n) is 4.61. The molecule has 0 spiro atoms. The van der Waals surface area contributed by atoms with Gasteiger partial charge in [0.05, 0.1) is 12.7 Å². The average molecular weight is 269 g/mol. The molecule has 0 unspecified atom stereocenters. The van der Waals surface area contributed by atoms with Crippen molar-refractivity contribution in [3.63, 3.8) is 0 Å². The van der Waals surface area contributed by atoms with E-state index in [1.165, 1.54) is 4.57 Å². The molecule has 7 heteroatoms. The Morgan fingerprint density at radius 3 is 2.95 bits per heavy atom. The lowest BCUT2D eigenvalue weighted by molar-refractivity contribution is -0.0459. The van der Waals surface area contributed by atoms with Crippen molar-refractivity contribution in [3.8, 4) is 0 Å². The monoisotopic (exact) mass is 269 g/mol. The average Bonchev–Trinajstić information content (AvgIpc) is 2.75. The first-order valence-corrected chi connectivity index (χ1v) is 6.34. The van der Waals surface area contributed by atoms with E-state index in [1.54, 1.807) is 6.20 Å². The normalized spacial score (nSPS) is 26.6. The molecule has 1 aliphatic rings. The van der Waals surface area contributed by atoms with Crippen molar-refractivity contribution >= 4 is 5.82 Å². The fourth-order valence-corrected chi connectivity index (χ4v) is 2.17. The number of aliphatic hydroxyl groups is 2. The van der Waals surface area contributed by atoms with Gasteiger partial charge in [0.25, 0.3) is 0 Å². The summed E-state index contributed by atoms with van der Waals surface area (Å²) in [6.07, 6.45) is -0.0695. The molecule has 7 nitrogen and oxygen atoms in total. The molecule has 2 heterocycles. The molecule has 0 saturated carbocycles. The quantitative estimate of drug-likeness (QED) is 0.690. The zero-order valence-corrected chi connectivity index (χ0v) is 11.0. The summed E-state index contributed by atoms with van der Waals surface area (Å²) in [6.45, 7) is 4.18. The highest BCUT2D eigenvalue weighted by molar-refractivity contribution is 5.41. The number of hydrogen-bond donors (Lipinski definition) is 3. The first-order valence-electron chi connectivity index (χ1n) is 6.34. The minimum atomic E-state index is -0.768. The zero-order chi connectivity index (χ0) is 14.0. The summed E-state index contributed by atoms with van der Waals surface area (Å²) in [5.41, 5.74) is 0.393. The Bertz CT molecular complexity index is 502. The number of nitrogens with one attached hydrogen (secondary N) is 1. The lowest BCUT2D eigenvalue weighted by atomic mass is 10.2. The maximum absolute atomic E-state index is 11.9. The Kier molecular flexibility index (Phi) is 4.18. The van der Waals surface area contributed by atoms with Gasteiger partial charge < -0.3 is 20.3 Å². The van der Waals surface area contributed by atoms with Gasteiger partial charge in [-0.1, -0.05) is 0 Å². The van der Waals surface area contributed by atoms with Crippen molar-refractivity contribution < 1.29 is 14.9 Å². The standard InChI is InChI=1S/C12H19N3O4/c1-3-13-11-7(2)5-15(12(18)14-11)10-4-8(17)9(6-16)19-10/h5,8-10,16-17H,3-4,6H2,1-2H3,(H,13,14,18)/t8-,9+,10-/m1/s1. The van der Waals surface area contributed by atoms with E-state index in [4.69, 9.17) is 9.84 Å². The number of rotatable bonds is 4. The zero-order valence-electron chi connectivity index (χ0n) is 11.0. The molecule has 0 radical (unpaired) electrons. The van der Waals surface area contributed by atoms with Crippen LogP contribution in [-0.4, -0.2) is 45.1 Å². The van der Waals surface area contributed by atoms with Crippen LogP contribution in [0.2, 0.25) is 0 Å². The third kappa shape index (κ3) is 2.78. The number of aliphatic hydroxyl groups excluding tert-OH is 2. The van der Waals surface area contributed by atoms with Gasteiger partial charge in [0.15, 0.2) is 0 Å². The number of anilines is 1. The lowest BCUT2D eigenvalue weighted by Crippen LogP contribution is -2.29. The van der Waals surface area contributed by atoms with Crippen LogP contribution in [0.15, 0.2) is 11.0 Å². The summed E-state index contributed by atoms with van der Waals surface area (Å²) < 4.78 is 6.80. The van der Waals surface area contributed by atoms with Gasteiger partial charge in [-0.2, -0.15) is 4.98 Å². The molecule has 1 aromatic heterocycles. The lowest BCUT2D eigenvalue weighted by Gasteiger charge is -2.16. The highest BCUT2D eigenvalue weighted by atomic mass is 16.5. The van der Waals surface area contributed by atoms with E-state index in [9.17, 15) is 9.90 Å². The highest BCUT2D eigenvalue weighted by Gasteiger charge is 2.35. The highest BCUT2D eigenvalue weighted by Crippen LogP contribution is 2.27. The van der Waals surface area contributed by atoms with Crippen molar-refractivity contribution in [1.29, 1.82) is 0 Å². The molecule has 0 bridgehead atoms. The Morgan fingerprint density at radius 2 is 2.37 bits per heavy atom. The molecule has 3 N–H and O–H groups in total. The summed E-state index contributed by atoms with van der Waals surface area (Å²) in [5, 5.41) is 21.7. The van der Waals surface area contributed by atoms with Crippen molar-refractivity contribution in [1.82, 2.24) is 9.55 Å². The van der Waals surface area contributed by atoms with Gasteiger partial charge >= 0.3 is 5.69 Å². The summed E-state index contributed by atoms with van der Waals surface area (Å²) in [7, 11) is 0. The van der Waals surface area contributed by atoms with E-state index in [2.05, 4.69) is 10.3 Å². The molecule has 2 rings (SSSR count). The smallest absolute Gasteiger partial charge is 0.351 e. The Morgan fingerprint density at radius 1 is 1.63 bits per heavy atom. The van der Waals surface area contributed by atoms with E-state index in [1.807, 2.05) is 13.8 Å². The van der Waals surface area contributed by atoms with E-state index in [0.29, 0.717) is 12.4 Å². The second-order valence-corrected chi connectivity index (χ2v) is 4.61. The van der Waals surface area contributed by atoms with Gasteiger partial charge in [0.2, 0.25) is 0 Å². The number of hydrogen-bond acceptors (Lipinski definition) is 6. The SMILES string of the molecule is CCNc1nc(=O)n([C@H]2C[C@@H](O)[C@H](CO)O2)cc1C. The molecule has 106 valence electrons. The fraction of sp³-hybridized carbons (Fsp3) is 0.667. The molecule has 19 heavy (non-hydrogen) atoms. The van der Waals surface area contributed by atoms with Gasteiger partial charge in [-0.15, -0.1) is 0 Å². The predicted molar refractivity (Wildman–Crippen MR) is 69.0 cm³/mol. The van der Waals surface area contributed by atoms with Crippen LogP contribution >= 0.6 is 0 Å². The van der Waals surface area contributed by atoms with Crippen molar-refractivity contribution in [2.45, 2.75) is 38.7 Å². The van der Waals surface area contributed by atoms with E-state index < -0.39 is 24.1 Å². The Balaban J connectivity index is 2.27. The minimum Gasteiger partial charge on any atom is -0.394 e. The van der Waals surface area contributed by atoms with Gasteiger partial charge in [0, 0.05) is 24.7 Å². The van der Waals surface area contributed by atoms with E-state index in [-0.39, 0.29) is 13.0 Å². The maximum Gasteiger partial charge on any atom is 0.351 e. The van der Waals surface area contributed by atoms with Gasteiger partial charge in [-0.05, 0) is 13.8 Å². The number of aromatic nitrogens is 2. The first kappa shape index (κ1) is 14.0. The molecule has 1 saturated heterocycles. The number of nitrogens with zero attached hydrogens (tertiary/aromatic N) is 2. The molecule has 1 aliphatic heterocycles. The molecule has 3 atom stereocenters. The van der Waals surface area contributed by atoms with Crippen LogP contribution in [0.4, 0.5) is 5.82 Å². The Hall–Kier alpha value is -1.44. The molecule has 0 amide bonds. The van der Waals surface area contributed by atoms with Gasteiger partial charge in [-0.3, -0.25) is 4.57 Å². The van der Waals surface area contributed by atoms with Crippen LogP contribution in [0.5, 0.6) is 0 Å². The third-order valence-corrected chi connectivity index (χ3v) is 3.17.